The lowest BCUT2D eigenvalue weighted by Crippen LogP contribution is -2.39. The van der Waals surface area contributed by atoms with E-state index in [-0.39, 0.29) is 11.9 Å². The monoisotopic (exact) mass is 271 g/mol. The second kappa shape index (κ2) is 5.63. The molecule has 0 bridgehead atoms. The zero-order chi connectivity index (χ0) is 13.9. The molecule has 1 unspecified atom stereocenters. The Balaban J connectivity index is 1.95. The molecule has 1 aliphatic heterocycles. The van der Waals surface area contributed by atoms with Crippen LogP contribution in [0.1, 0.15) is 17.2 Å². The van der Waals surface area contributed by atoms with Gasteiger partial charge in [-0.1, -0.05) is 30.3 Å². The van der Waals surface area contributed by atoms with Gasteiger partial charge in [0, 0.05) is 12.2 Å². The molecule has 2 aromatic carbocycles. The van der Waals surface area contributed by atoms with Crippen LogP contribution in [0.25, 0.3) is 0 Å². The predicted molar refractivity (Wildman–Crippen MR) is 78.5 cm³/mol. The second-order valence-electron chi connectivity index (χ2n) is 5.12. The van der Waals surface area contributed by atoms with E-state index in [1.54, 1.807) is 0 Å². The van der Waals surface area contributed by atoms with E-state index < -0.39 is 0 Å². The number of morpholine rings is 1. The Kier molecular flexibility index (Phi) is 3.70. The van der Waals surface area contributed by atoms with E-state index in [0.29, 0.717) is 6.61 Å². The maximum atomic E-state index is 13.1. The van der Waals surface area contributed by atoms with Crippen molar-refractivity contribution in [2.75, 3.05) is 24.7 Å². The summed E-state index contributed by atoms with van der Waals surface area (Å²) >= 11 is 0. The van der Waals surface area contributed by atoms with Crippen LogP contribution in [0.5, 0.6) is 0 Å². The number of anilines is 1. The number of nitrogens with zero attached hydrogens (tertiary/aromatic N) is 1. The van der Waals surface area contributed by atoms with Gasteiger partial charge in [-0.2, -0.15) is 0 Å². The van der Waals surface area contributed by atoms with Crippen molar-refractivity contribution in [2.24, 2.45) is 0 Å². The lowest BCUT2D eigenvalue weighted by Gasteiger charge is -2.38. The first kappa shape index (κ1) is 13.1. The zero-order valence-corrected chi connectivity index (χ0v) is 11.6. The first-order valence-corrected chi connectivity index (χ1v) is 6.91. The molecular weight excluding hydrogens is 253 g/mol. The van der Waals surface area contributed by atoms with E-state index in [1.807, 2.05) is 18.2 Å². The van der Waals surface area contributed by atoms with Crippen molar-refractivity contribution in [3.8, 4) is 0 Å². The minimum absolute atomic E-state index is 0.144. The molecule has 1 atom stereocenters. The number of ether oxygens (including phenoxy) is 1. The molecule has 0 spiro atoms. The summed E-state index contributed by atoms with van der Waals surface area (Å²) in [5.41, 5.74) is 3.57. The van der Waals surface area contributed by atoms with Gasteiger partial charge in [0.25, 0.3) is 0 Å². The van der Waals surface area contributed by atoms with E-state index in [2.05, 4.69) is 30.0 Å². The van der Waals surface area contributed by atoms with Gasteiger partial charge in [-0.05, 0) is 36.2 Å². The van der Waals surface area contributed by atoms with Crippen molar-refractivity contribution >= 4 is 5.69 Å². The quantitative estimate of drug-likeness (QED) is 0.825. The summed E-state index contributed by atoms with van der Waals surface area (Å²) in [7, 11) is 0. The Morgan fingerprint density at radius 3 is 2.60 bits per heavy atom. The summed E-state index contributed by atoms with van der Waals surface area (Å²) in [6.07, 6.45) is 0. The first-order valence-electron chi connectivity index (χ1n) is 6.91. The summed E-state index contributed by atoms with van der Waals surface area (Å²) in [5, 5.41) is 0. The summed E-state index contributed by atoms with van der Waals surface area (Å²) in [5.74, 6) is -0.201. The fraction of sp³-hybridized carbons (Fsp3) is 0.294. The molecule has 0 N–H and O–H groups in total. The highest BCUT2D eigenvalue weighted by Gasteiger charge is 2.25. The Labute approximate surface area is 118 Å². The number of hydrogen-bond donors (Lipinski definition) is 0. The molecule has 0 saturated carbocycles. The maximum absolute atomic E-state index is 13.1. The standard InChI is InChI=1S/C17H18FNO/c1-13-4-2-3-5-16(13)19-10-11-20-12-17(19)14-6-8-15(18)9-7-14/h2-9,17H,10-12H2,1H3. The molecule has 1 fully saturated rings. The number of hydrogen-bond acceptors (Lipinski definition) is 2. The van der Waals surface area contributed by atoms with Crippen molar-refractivity contribution in [1.82, 2.24) is 0 Å². The molecule has 3 heteroatoms. The van der Waals surface area contributed by atoms with Crippen LogP contribution < -0.4 is 4.90 Å². The van der Waals surface area contributed by atoms with Crippen LogP contribution in [0, 0.1) is 12.7 Å². The minimum Gasteiger partial charge on any atom is -0.377 e. The average Bonchev–Trinajstić information content (AvgIpc) is 2.49. The van der Waals surface area contributed by atoms with Crippen LogP contribution in [0.2, 0.25) is 0 Å². The van der Waals surface area contributed by atoms with Crippen molar-refractivity contribution < 1.29 is 9.13 Å². The maximum Gasteiger partial charge on any atom is 0.123 e. The van der Waals surface area contributed by atoms with Crippen LogP contribution in [-0.4, -0.2) is 19.8 Å². The highest BCUT2D eigenvalue weighted by atomic mass is 19.1. The molecule has 1 saturated heterocycles. The van der Waals surface area contributed by atoms with Crippen LogP contribution in [0.15, 0.2) is 48.5 Å². The lowest BCUT2D eigenvalue weighted by molar-refractivity contribution is 0.0941. The normalized spacial score (nSPS) is 19.1. The zero-order valence-electron chi connectivity index (χ0n) is 11.6. The molecule has 2 aromatic rings. The van der Waals surface area contributed by atoms with Gasteiger partial charge in [0.15, 0.2) is 0 Å². The topological polar surface area (TPSA) is 12.5 Å². The molecule has 0 amide bonds. The summed E-state index contributed by atoms with van der Waals surface area (Å²) in [6.45, 7) is 4.34. The highest BCUT2D eigenvalue weighted by Crippen LogP contribution is 2.31. The largest absolute Gasteiger partial charge is 0.377 e. The molecule has 0 aliphatic carbocycles. The van der Waals surface area contributed by atoms with Gasteiger partial charge in [0.2, 0.25) is 0 Å². The van der Waals surface area contributed by atoms with E-state index in [1.165, 1.54) is 23.4 Å². The van der Waals surface area contributed by atoms with E-state index in [9.17, 15) is 4.39 Å². The van der Waals surface area contributed by atoms with Crippen LogP contribution in [0.3, 0.4) is 0 Å². The van der Waals surface area contributed by atoms with Gasteiger partial charge < -0.3 is 9.64 Å². The lowest BCUT2D eigenvalue weighted by atomic mass is 10.0. The van der Waals surface area contributed by atoms with Gasteiger partial charge in [0.05, 0.1) is 19.3 Å². The molecular formula is C17H18FNO. The summed E-state index contributed by atoms with van der Waals surface area (Å²) in [6, 6.07) is 15.2. The van der Waals surface area contributed by atoms with Gasteiger partial charge in [-0.15, -0.1) is 0 Å². The SMILES string of the molecule is Cc1ccccc1N1CCOCC1c1ccc(F)cc1. The van der Waals surface area contributed by atoms with Crippen LogP contribution >= 0.6 is 0 Å². The molecule has 0 radical (unpaired) electrons. The van der Waals surface area contributed by atoms with E-state index in [4.69, 9.17) is 4.74 Å². The van der Waals surface area contributed by atoms with Gasteiger partial charge in [-0.3, -0.25) is 0 Å². The van der Waals surface area contributed by atoms with Crippen LogP contribution in [-0.2, 0) is 4.74 Å². The predicted octanol–water partition coefficient (Wildman–Crippen LogP) is 3.71. The molecule has 1 heterocycles. The smallest absolute Gasteiger partial charge is 0.123 e. The molecule has 1 aliphatic rings. The Hall–Kier alpha value is -1.87. The van der Waals surface area contributed by atoms with Crippen molar-refractivity contribution in [2.45, 2.75) is 13.0 Å². The van der Waals surface area contributed by atoms with Gasteiger partial charge >= 0.3 is 0 Å². The third kappa shape index (κ3) is 2.54. The third-order valence-corrected chi connectivity index (χ3v) is 3.81. The average molecular weight is 271 g/mol. The van der Waals surface area contributed by atoms with Crippen molar-refractivity contribution in [3.63, 3.8) is 0 Å². The first-order chi connectivity index (χ1) is 9.75. The fourth-order valence-electron chi connectivity index (χ4n) is 2.74. The van der Waals surface area contributed by atoms with Crippen LogP contribution in [0.4, 0.5) is 10.1 Å². The molecule has 20 heavy (non-hydrogen) atoms. The Morgan fingerprint density at radius 2 is 1.85 bits per heavy atom. The number of halogens is 1. The minimum atomic E-state index is -0.201. The van der Waals surface area contributed by atoms with E-state index >= 15 is 0 Å². The van der Waals surface area contributed by atoms with Crippen molar-refractivity contribution in [3.05, 3.63) is 65.5 Å². The number of para-hydroxylation sites is 1. The molecule has 0 aromatic heterocycles. The number of aryl methyl sites for hydroxylation is 1. The number of rotatable bonds is 2. The Bertz CT molecular complexity index is 582. The molecule has 104 valence electrons. The van der Waals surface area contributed by atoms with Crippen molar-refractivity contribution in [1.29, 1.82) is 0 Å². The van der Waals surface area contributed by atoms with Gasteiger partial charge in [-0.25, -0.2) is 4.39 Å². The van der Waals surface area contributed by atoms with E-state index in [0.717, 1.165) is 18.7 Å². The Morgan fingerprint density at radius 1 is 1.10 bits per heavy atom. The highest BCUT2D eigenvalue weighted by molar-refractivity contribution is 5.55. The molecule has 3 rings (SSSR count). The second-order valence-corrected chi connectivity index (χ2v) is 5.12. The van der Waals surface area contributed by atoms with Gasteiger partial charge in [0.1, 0.15) is 5.82 Å². The summed E-state index contributed by atoms with van der Waals surface area (Å²) < 4.78 is 18.7. The molecule has 2 nitrogen and oxygen atoms in total. The number of benzene rings is 2. The summed E-state index contributed by atoms with van der Waals surface area (Å²) in [4.78, 5) is 2.35. The fourth-order valence-corrected chi connectivity index (χ4v) is 2.74. The third-order valence-electron chi connectivity index (χ3n) is 3.81.